The lowest BCUT2D eigenvalue weighted by atomic mass is 9.99. The van der Waals surface area contributed by atoms with Gasteiger partial charge in [0.25, 0.3) is 5.91 Å². The van der Waals surface area contributed by atoms with Crippen molar-refractivity contribution in [2.24, 2.45) is 11.8 Å². The summed E-state index contributed by atoms with van der Waals surface area (Å²) in [7, 11) is -4.12. The number of nitrogens with zero attached hydrogens (tertiary/aromatic N) is 2. The topological polar surface area (TPSA) is 138 Å². The molecule has 1 aliphatic rings. The summed E-state index contributed by atoms with van der Waals surface area (Å²) in [5.74, 6) is -0.153. The summed E-state index contributed by atoms with van der Waals surface area (Å²) >= 11 is 0. The number of fused-ring (bicyclic) bond motifs is 1. The van der Waals surface area contributed by atoms with Crippen LogP contribution < -0.4 is 20.2 Å². The molecule has 0 saturated heterocycles. The molecule has 0 aliphatic carbocycles. The molecule has 2 amide bonds. The van der Waals surface area contributed by atoms with Gasteiger partial charge in [-0.15, -0.1) is 0 Å². The van der Waals surface area contributed by atoms with Gasteiger partial charge in [0, 0.05) is 32.1 Å². The van der Waals surface area contributed by atoms with E-state index in [0.29, 0.717) is 31.3 Å². The van der Waals surface area contributed by atoms with Crippen LogP contribution in [0.2, 0.25) is 0 Å². The van der Waals surface area contributed by atoms with E-state index >= 15 is 0 Å². The van der Waals surface area contributed by atoms with E-state index in [1.54, 1.807) is 6.07 Å². The van der Waals surface area contributed by atoms with E-state index in [4.69, 9.17) is 9.47 Å². The van der Waals surface area contributed by atoms with Gasteiger partial charge in [0.2, 0.25) is 15.9 Å². The predicted molar refractivity (Wildman–Crippen MR) is 184 cm³/mol. The number of rotatable bonds is 16. The fourth-order valence-electron chi connectivity index (χ4n) is 5.46. The summed E-state index contributed by atoms with van der Waals surface area (Å²) in [4.78, 5) is 27.0. The molecular formula is C36H48N4O7S. The van der Waals surface area contributed by atoms with Crippen LogP contribution in [-0.2, 0) is 32.6 Å². The van der Waals surface area contributed by atoms with Gasteiger partial charge >= 0.3 is 0 Å². The molecular weight excluding hydrogens is 632 g/mol. The van der Waals surface area contributed by atoms with Crippen LogP contribution in [0.5, 0.6) is 11.5 Å². The fourth-order valence-corrected chi connectivity index (χ4v) is 7.10. The van der Waals surface area contributed by atoms with E-state index in [9.17, 15) is 23.1 Å². The van der Waals surface area contributed by atoms with Crippen molar-refractivity contribution in [3.05, 3.63) is 90.0 Å². The first-order valence-corrected chi connectivity index (χ1v) is 17.9. The van der Waals surface area contributed by atoms with Crippen molar-refractivity contribution in [3.63, 3.8) is 0 Å². The van der Waals surface area contributed by atoms with Crippen molar-refractivity contribution < 1.29 is 32.6 Å². The molecule has 260 valence electrons. The maximum Gasteiger partial charge on any atom is 0.252 e. The number of hydrogen-bond acceptors (Lipinski definition) is 8. The molecule has 3 aromatic carbocycles. The number of carbonyl (C=O) groups excluding carboxylic acids is 2. The van der Waals surface area contributed by atoms with Gasteiger partial charge in [-0.2, -0.15) is 4.31 Å². The Kier molecular flexibility index (Phi) is 13.4. The quantitative estimate of drug-likeness (QED) is 0.195. The molecule has 0 saturated carbocycles. The highest BCUT2D eigenvalue weighted by Gasteiger charge is 2.36. The Morgan fingerprint density at radius 3 is 2.08 bits per heavy atom. The number of benzene rings is 3. The summed E-state index contributed by atoms with van der Waals surface area (Å²) in [5, 5.41) is 16.2. The summed E-state index contributed by atoms with van der Waals surface area (Å²) in [6, 6.07) is 22.4. The van der Waals surface area contributed by atoms with Crippen molar-refractivity contribution in [2.45, 2.75) is 64.1 Å². The standard InChI is InChI=1S/C36H48N4O7S/c1-26(2)19-36(43)40(38-35(42)23-37-22-29-13-9-6-10-14-29)31(20-28-11-7-5-8-12-28)32(41)25-39(24-27(3)4)48(44,45)30-15-16-33-34(21-30)47-18-17-46-33/h5-16,21,26-27,31-32,37,41H,17-20,22-25H2,1-4H3,(H,38,42)/t31?,32-/m1/s1. The zero-order valence-electron chi connectivity index (χ0n) is 28.2. The first-order valence-electron chi connectivity index (χ1n) is 16.4. The van der Waals surface area contributed by atoms with Gasteiger partial charge in [-0.25, -0.2) is 13.4 Å². The van der Waals surface area contributed by atoms with E-state index in [2.05, 4.69) is 10.7 Å². The lowest BCUT2D eigenvalue weighted by Gasteiger charge is -2.37. The largest absolute Gasteiger partial charge is 0.486 e. The normalized spacial score (nSPS) is 14.2. The number of hydrogen-bond donors (Lipinski definition) is 3. The van der Waals surface area contributed by atoms with Gasteiger partial charge in [0.1, 0.15) is 13.2 Å². The lowest BCUT2D eigenvalue weighted by Crippen LogP contribution is -2.60. The summed E-state index contributed by atoms with van der Waals surface area (Å²) in [6.07, 6.45) is -1.09. The predicted octanol–water partition coefficient (Wildman–Crippen LogP) is 3.77. The molecule has 0 bridgehead atoms. The second-order valence-corrected chi connectivity index (χ2v) is 14.8. The first-order chi connectivity index (χ1) is 22.9. The zero-order chi connectivity index (χ0) is 34.7. The number of carbonyl (C=O) groups is 2. The van der Waals surface area contributed by atoms with E-state index in [1.165, 1.54) is 21.4 Å². The molecule has 11 nitrogen and oxygen atoms in total. The van der Waals surface area contributed by atoms with E-state index in [1.807, 2.05) is 88.4 Å². The van der Waals surface area contributed by atoms with Gasteiger partial charge in [0.15, 0.2) is 11.5 Å². The second-order valence-electron chi connectivity index (χ2n) is 12.8. The number of hydrazine groups is 1. The van der Waals surface area contributed by atoms with Crippen LogP contribution in [0.3, 0.4) is 0 Å². The van der Waals surface area contributed by atoms with Gasteiger partial charge in [-0.05, 0) is 41.5 Å². The Morgan fingerprint density at radius 2 is 1.46 bits per heavy atom. The minimum absolute atomic E-state index is 0.00439. The van der Waals surface area contributed by atoms with Crippen LogP contribution >= 0.6 is 0 Å². The average Bonchev–Trinajstić information content (AvgIpc) is 3.06. The Hall–Kier alpha value is -3.97. The van der Waals surface area contributed by atoms with Crippen LogP contribution in [0, 0.1) is 11.8 Å². The molecule has 0 fully saturated rings. The maximum absolute atomic E-state index is 14.1. The van der Waals surface area contributed by atoms with Crippen LogP contribution in [0.1, 0.15) is 45.2 Å². The minimum atomic E-state index is -4.12. The summed E-state index contributed by atoms with van der Waals surface area (Å²) in [6.45, 7) is 8.42. The molecule has 4 rings (SSSR count). The Morgan fingerprint density at radius 1 is 0.833 bits per heavy atom. The number of amides is 2. The third-order valence-corrected chi connectivity index (χ3v) is 9.56. The number of aliphatic hydroxyl groups excluding tert-OH is 1. The number of ether oxygens (including phenoxy) is 2. The van der Waals surface area contributed by atoms with E-state index in [0.717, 1.165) is 11.1 Å². The summed E-state index contributed by atoms with van der Waals surface area (Å²) < 4.78 is 40.6. The first kappa shape index (κ1) is 36.9. The highest BCUT2D eigenvalue weighted by Crippen LogP contribution is 2.33. The number of aliphatic hydroxyl groups is 1. The molecule has 0 aromatic heterocycles. The van der Waals surface area contributed by atoms with E-state index < -0.39 is 28.1 Å². The molecule has 12 heteroatoms. The molecule has 1 aliphatic heterocycles. The van der Waals surface area contributed by atoms with Crippen LogP contribution in [0.4, 0.5) is 0 Å². The maximum atomic E-state index is 14.1. The summed E-state index contributed by atoms with van der Waals surface area (Å²) in [5.41, 5.74) is 4.56. The van der Waals surface area contributed by atoms with Gasteiger partial charge in [-0.3, -0.25) is 15.0 Å². The molecule has 0 radical (unpaired) electrons. The Balaban J connectivity index is 1.62. The van der Waals surface area contributed by atoms with Crippen molar-refractivity contribution in [2.75, 3.05) is 32.8 Å². The highest BCUT2D eigenvalue weighted by molar-refractivity contribution is 7.89. The van der Waals surface area contributed by atoms with Crippen LogP contribution in [0.25, 0.3) is 0 Å². The van der Waals surface area contributed by atoms with Crippen molar-refractivity contribution in [1.82, 2.24) is 20.1 Å². The highest BCUT2D eigenvalue weighted by atomic mass is 32.2. The Labute approximate surface area is 284 Å². The van der Waals surface area contributed by atoms with Crippen LogP contribution in [-0.4, -0.2) is 79.6 Å². The molecule has 3 aromatic rings. The van der Waals surface area contributed by atoms with Crippen LogP contribution in [0.15, 0.2) is 83.8 Å². The lowest BCUT2D eigenvalue weighted by molar-refractivity contribution is -0.148. The third kappa shape index (κ3) is 10.5. The molecule has 1 heterocycles. The van der Waals surface area contributed by atoms with Crippen molar-refractivity contribution in [1.29, 1.82) is 0 Å². The molecule has 3 N–H and O–H groups in total. The zero-order valence-corrected chi connectivity index (χ0v) is 29.0. The molecule has 1 unspecified atom stereocenters. The molecule has 48 heavy (non-hydrogen) atoms. The third-order valence-electron chi connectivity index (χ3n) is 7.73. The van der Waals surface area contributed by atoms with Gasteiger partial charge in [-0.1, -0.05) is 88.4 Å². The monoisotopic (exact) mass is 680 g/mol. The smallest absolute Gasteiger partial charge is 0.252 e. The van der Waals surface area contributed by atoms with Gasteiger partial charge in [0.05, 0.1) is 23.6 Å². The molecule has 0 spiro atoms. The van der Waals surface area contributed by atoms with Crippen molar-refractivity contribution >= 4 is 21.8 Å². The number of nitrogens with one attached hydrogen (secondary N) is 2. The SMILES string of the molecule is CC(C)CC(=O)N(NC(=O)CNCc1ccccc1)C(Cc1ccccc1)[C@H](O)CN(CC(C)C)S(=O)(=O)c1ccc2c(c1)OCCO2. The number of sulfonamides is 1. The minimum Gasteiger partial charge on any atom is -0.486 e. The average molecular weight is 681 g/mol. The van der Waals surface area contributed by atoms with Crippen molar-refractivity contribution in [3.8, 4) is 11.5 Å². The second kappa shape index (κ2) is 17.4. The van der Waals surface area contributed by atoms with E-state index in [-0.39, 0.29) is 55.1 Å². The fraction of sp³-hybridized carbons (Fsp3) is 0.444. The molecule has 2 atom stereocenters. The Bertz CT molecular complexity index is 1590. The van der Waals surface area contributed by atoms with Gasteiger partial charge < -0.3 is 19.9 Å².